The molecule has 8 heteroatoms. The molecule has 0 bridgehead atoms. The molecule has 0 N–H and O–H groups in total. The smallest absolute Gasteiger partial charge is 0.199 e. The van der Waals surface area contributed by atoms with Crippen LogP contribution in [0.2, 0.25) is 5.02 Å². The predicted molar refractivity (Wildman–Crippen MR) is 44.4 cm³/mol. The highest BCUT2D eigenvalue weighted by molar-refractivity contribution is 7.90. The lowest BCUT2D eigenvalue weighted by molar-refractivity contribution is 0.396. The van der Waals surface area contributed by atoms with Crippen molar-refractivity contribution in [3.05, 3.63) is 28.3 Å². The minimum atomic E-state index is -4.28. The van der Waals surface area contributed by atoms with Gasteiger partial charge in [0.1, 0.15) is 9.92 Å². The van der Waals surface area contributed by atoms with E-state index in [9.17, 15) is 26.0 Å². The molecule has 1 aromatic carbocycles. The summed E-state index contributed by atoms with van der Waals surface area (Å²) in [6.45, 7) is 0. The fraction of sp³-hybridized carbons (Fsp3) is 0.143. The second-order valence-corrected chi connectivity index (χ2v) is 5.00. The van der Waals surface area contributed by atoms with Crippen LogP contribution in [0.5, 0.6) is 0 Å². The summed E-state index contributed by atoms with van der Waals surface area (Å²) in [5.41, 5.74) is 0. The van der Waals surface area contributed by atoms with Crippen molar-refractivity contribution in [2.75, 3.05) is 6.26 Å². The lowest BCUT2D eigenvalue weighted by atomic mass is 10.3. The first-order valence-corrected chi connectivity index (χ1v) is 5.66. The van der Waals surface area contributed by atoms with Crippen LogP contribution in [0, 0.1) is 23.3 Å². The van der Waals surface area contributed by atoms with E-state index in [2.05, 4.69) is 0 Å². The molecule has 0 heterocycles. The summed E-state index contributed by atoms with van der Waals surface area (Å²) in [6, 6.07) is 0. The number of halogens is 5. The summed E-state index contributed by atoms with van der Waals surface area (Å²) >= 11 is 5.06. The predicted octanol–water partition coefficient (Wildman–Crippen LogP) is 2.30. The standard InChI is InChI=1S/C7H3ClF4O2S/c1-15(13,14)7-2(8)3(9)4(10)5(11)6(7)12/h1H3. The molecule has 1 rings (SSSR count). The van der Waals surface area contributed by atoms with E-state index in [-0.39, 0.29) is 0 Å². The van der Waals surface area contributed by atoms with Gasteiger partial charge >= 0.3 is 0 Å². The zero-order valence-electron chi connectivity index (χ0n) is 7.11. The largest absolute Gasteiger partial charge is 0.224 e. The first-order chi connectivity index (χ1) is 6.68. The van der Waals surface area contributed by atoms with Gasteiger partial charge in [0.2, 0.25) is 0 Å². The van der Waals surface area contributed by atoms with Gasteiger partial charge in [-0.25, -0.2) is 26.0 Å². The van der Waals surface area contributed by atoms with Gasteiger partial charge in [0.05, 0.1) is 0 Å². The fourth-order valence-corrected chi connectivity index (χ4v) is 2.33. The zero-order chi connectivity index (χ0) is 12.0. The average molecular weight is 263 g/mol. The quantitative estimate of drug-likeness (QED) is 0.337. The molecule has 0 radical (unpaired) electrons. The van der Waals surface area contributed by atoms with E-state index < -0.39 is 43.0 Å². The molecule has 0 atom stereocenters. The average Bonchev–Trinajstić information content (AvgIpc) is 2.09. The Hall–Kier alpha value is -0.820. The molecule has 84 valence electrons. The maximum absolute atomic E-state index is 13.0. The summed E-state index contributed by atoms with van der Waals surface area (Å²) in [6.07, 6.45) is 0.494. The van der Waals surface area contributed by atoms with Gasteiger partial charge in [-0.15, -0.1) is 0 Å². The van der Waals surface area contributed by atoms with E-state index in [0.29, 0.717) is 6.26 Å². The second kappa shape index (κ2) is 3.64. The Morgan fingerprint density at radius 2 is 1.33 bits per heavy atom. The Bertz CT molecular complexity index is 497. The Kier molecular flexibility index (Phi) is 2.97. The van der Waals surface area contributed by atoms with Crippen molar-refractivity contribution in [1.29, 1.82) is 0 Å². The summed E-state index contributed by atoms with van der Waals surface area (Å²) in [5.74, 6) is -8.32. The molecule has 0 aliphatic carbocycles. The van der Waals surface area contributed by atoms with Crippen LogP contribution in [0.4, 0.5) is 17.6 Å². The van der Waals surface area contributed by atoms with Gasteiger partial charge in [0.25, 0.3) is 0 Å². The van der Waals surface area contributed by atoms with Crippen molar-refractivity contribution in [2.24, 2.45) is 0 Å². The summed E-state index contributed by atoms with van der Waals surface area (Å²) < 4.78 is 72.8. The molecule has 0 unspecified atom stereocenters. The lowest BCUT2D eigenvalue weighted by Gasteiger charge is -2.06. The van der Waals surface area contributed by atoms with E-state index >= 15 is 0 Å². The van der Waals surface area contributed by atoms with Crippen LogP contribution in [-0.2, 0) is 9.84 Å². The van der Waals surface area contributed by atoms with Crippen molar-refractivity contribution in [1.82, 2.24) is 0 Å². The molecule has 0 fully saturated rings. The van der Waals surface area contributed by atoms with E-state index in [1.54, 1.807) is 0 Å². The molecule has 2 nitrogen and oxygen atoms in total. The number of hydrogen-bond acceptors (Lipinski definition) is 2. The van der Waals surface area contributed by atoms with Crippen LogP contribution in [0.3, 0.4) is 0 Å². The van der Waals surface area contributed by atoms with Crippen LogP contribution in [0.1, 0.15) is 0 Å². The van der Waals surface area contributed by atoms with E-state index in [4.69, 9.17) is 11.6 Å². The van der Waals surface area contributed by atoms with Gasteiger partial charge in [-0.05, 0) is 0 Å². The van der Waals surface area contributed by atoms with Crippen LogP contribution in [-0.4, -0.2) is 14.7 Å². The van der Waals surface area contributed by atoms with Crippen LogP contribution < -0.4 is 0 Å². The van der Waals surface area contributed by atoms with Crippen molar-refractivity contribution >= 4 is 21.4 Å². The first-order valence-electron chi connectivity index (χ1n) is 3.39. The third kappa shape index (κ3) is 1.93. The minimum absolute atomic E-state index is 0.494. The maximum Gasteiger partial charge on any atom is 0.199 e. The maximum atomic E-state index is 13.0. The second-order valence-electron chi connectivity index (χ2n) is 2.67. The van der Waals surface area contributed by atoms with Gasteiger partial charge in [-0.2, -0.15) is 0 Å². The molecular formula is C7H3ClF4O2S. The monoisotopic (exact) mass is 262 g/mol. The number of rotatable bonds is 1. The highest BCUT2D eigenvalue weighted by Crippen LogP contribution is 2.31. The molecule has 15 heavy (non-hydrogen) atoms. The van der Waals surface area contributed by atoms with Crippen molar-refractivity contribution in [3.8, 4) is 0 Å². The normalized spacial score (nSPS) is 11.9. The van der Waals surface area contributed by atoms with Gasteiger partial charge in [-0.1, -0.05) is 11.6 Å². The van der Waals surface area contributed by atoms with Gasteiger partial charge in [0.15, 0.2) is 33.1 Å². The van der Waals surface area contributed by atoms with Crippen LogP contribution >= 0.6 is 11.6 Å². The Morgan fingerprint density at radius 1 is 0.933 bits per heavy atom. The van der Waals surface area contributed by atoms with E-state index in [1.807, 2.05) is 0 Å². The van der Waals surface area contributed by atoms with E-state index in [0.717, 1.165) is 0 Å². The molecular weight excluding hydrogens is 260 g/mol. The Labute approximate surface area is 87.4 Å². The summed E-state index contributed by atoms with van der Waals surface area (Å²) in [4.78, 5) is -1.39. The van der Waals surface area contributed by atoms with Crippen molar-refractivity contribution in [3.63, 3.8) is 0 Å². The highest BCUT2D eigenvalue weighted by Gasteiger charge is 2.29. The topological polar surface area (TPSA) is 34.1 Å². The molecule has 0 saturated heterocycles. The van der Waals surface area contributed by atoms with Gasteiger partial charge in [0, 0.05) is 6.26 Å². The number of benzene rings is 1. The number of hydrogen-bond donors (Lipinski definition) is 0. The van der Waals surface area contributed by atoms with Gasteiger partial charge < -0.3 is 0 Å². The third-order valence-corrected chi connectivity index (χ3v) is 3.13. The van der Waals surface area contributed by atoms with Crippen molar-refractivity contribution < 1.29 is 26.0 Å². The Balaban J connectivity index is 3.84. The molecule has 0 saturated carbocycles. The highest BCUT2D eigenvalue weighted by atomic mass is 35.5. The van der Waals surface area contributed by atoms with Crippen LogP contribution in [0.15, 0.2) is 4.90 Å². The third-order valence-electron chi connectivity index (χ3n) is 1.54. The minimum Gasteiger partial charge on any atom is -0.224 e. The molecule has 0 amide bonds. The van der Waals surface area contributed by atoms with Gasteiger partial charge in [-0.3, -0.25) is 0 Å². The molecule has 0 aliphatic rings. The fourth-order valence-electron chi connectivity index (χ4n) is 0.910. The summed E-state index contributed by atoms with van der Waals surface area (Å²) in [5, 5.41) is -1.30. The lowest BCUT2D eigenvalue weighted by Crippen LogP contribution is -2.08. The van der Waals surface area contributed by atoms with Crippen LogP contribution in [0.25, 0.3) is 0 Å². The molecule has 1 aromatic rings. The molecule has 0 aliphatic heterocycles. The SMILES string of the molecule is CS(=O)(=O)c1c(F)c(F)c(F)c(F)c1Cl. The number of sulfone groups is 1. The zero-order valence-corrected chi connectivity index (χ0v) is 8.69. The van der Waals surface area contributed by atoms with E-state index in [1.165, 1.54) is 0 Å². The Morgan fingerprint density at radius 3 is 1.73 bits per heavy atom. The summed E-state index contributed by atoms with van der Waals surface area (Å²) in [7, 11) is -4.28. The van der Waals surface area contributed by atoms with Crippen molar-refractivity contribution in [2.45, 2.75) is 4.90 Å². The molecule has 0 spiro atoms. The molecule has 0 aromatic heterocycles. The first kappa shape index (κ1) is 12.3.